The van der Waals surface area contributed by atoms with Crippen molar-refractivity contribution in [1.82, 2.24) is 0 Å². The van der Waals surface area contributed by atoms with Gasteiger partial charge in [-0.2, -0.15) is 0 Å². The second-order valence-corrected chi connectivity index (χ2v) is 6.75. The number of amides is 1. The van der Waals surface area contributed by atoms with E-state index in [4.69, 9.17) is 4.74 Å². The highest BCUT2D eigenvalue weighted by atomic mass is 16.5. The lowest BCUT2D eigenvalue weighted by molar-refractivity contribution is -0.916. The third kappa shape index (κ3) is 5.31. The van der Waals surface area contributed by atoms with Crippen LogP contribution in [0, 0.1) is 0 Å². The SMILES string of the molecule is COC(=O)c1ccc(NC(=O)C[NH+](Cc2ccc(OC)cc2)C2CC2)cc1. The topological polar surface area (TPSA) is 69.1 Å². The van der Waals surface area contributed by atoms with Crippen molar-refractivity contribution in [3.8, 4) is 5.75 Å². The van der Waals surface area contributed by atoms with Crippen molar-refractivity contribution in [2.75, 3.05) is 26.1 Å². The number of carbonyl (C=O) groups excluding carboxylic acids is 2. The van der Waals surface area contributed by atoms with Crippen LogP contribution in [0.2, 0.25) is 0 Å². The molecule has 0 heterocycles. The molecule has 2 aromatic carbocycles. The van der Waals surface area contributed by atoms with Gasteiger partial charge in [-0.3, -0.25) is 4.79 Å². The van der Waals surface area contributed by atoms with Gasteiger partial charge in [-0.05, 0) is 48.5 Å². The number of methoxy groups -OCH3 is 2. The molecule has 1 aliphatic carbocycles. The maximum atomic E-state index is 12.5. The van der Waals surface area contributed by atoms with Crippen molar-refractivity contribution >= 4 is 17.6 Å². The number of carbonyl (C=O) groups is 2. The van der Waals surface area contributed by atoms with E-state index in [9.17, 15) is 9.59 Å². The minimum absolute atomic E-state index is 0.0313. The molecular formula is C21H25N2O4+. The van der Waals surface area contributed by atoms with Gasteiger partial charge in [0.1, 0.15) is 12.3 Å². The molecule has 6 heteroatoms. The van der Waals surface area contributed by atoms with Gasteiger partial charge in [-0.25, -0.2) is 4.79 Å². The van der Waals surface area contributed by atoms with E-state index in [0.29, 0.717) is 23.8 Å². The second-order valence-electron chi connectivity index (χ2n) is 6.75. The van der Waals surface area contributed by atoms with E-state index in [1.807, 2.05) is 24.3 Å². The van der Waals surface area contributed by atoms with E-state index >= 15 is 0 Å². The Kier molecular flexibility index (Phi) is 6.08. The number of esters is 1. The molecule has 0 bridgehead atoms. The highest BCUT2D eigenvalue weighted by molar-refractivity contribution is 5.93. The van der Waals surface area contributed by atoms with Gasteiger partial charge in [0.2, 0.25) is 0 Å². The van der Waals surface area contributed by atoms with Crippen LogP contribution in [-0.2, 0) is 16.1 Å². The minimum Gasteiger partial charge on any atom is -0.497 e. The van der Waals surface area contributed by atoms with Crippen molar-refractivity contribution in [2.45, 2.75) is 25.4 Å². The maximum Gasteiger partial charge on any atom is 0.337 e. The molecule has 0 radical (unpaired) electrons. The molecule has 0 spiro atoms. The molecule has 2 aromatic rings. The molecule has 0 saturated heterocycles. The normalized spacial score (nSPS) is 14.3. The zero-order chi connectivity index (χ0) is 19.2. The van der Waals surface area contributed by atoms with Crippen LogP contribution in [0.25, 0.3) is 0 Å². The van der Waals surface area contributed by atoms with E-state index in [0.717, 1.165) is 25.1 Å². The Labute approximate surface area is 159 Å². The predicted octanol–water partition coefficient (Wildman–Crippen LogP) is 1.67. The molecule has 1 fully saturated rings. The molecule has 1 atom stereocenters. The molecular weight excluding hydrogens is 344 g/mol. The summed E-state index contributed by atoms with van der Waals surface area (Å²) >= 11 is 0. The first-order valence-electron chi connectivity index (χ1n) is 9.05. The molecule has 0 aromatic heterocycles. The number of hydrogen-bond donors (Lipinski definition) is 2. The van der Waals surface area contributed by atoms with Crippen molar-refractivity contribution in [2.24, 2.45) is 0 Å². The van der Waals surface area contributed by atoms with Crippen LogP contribution in [0.3, 0.4) is 0 Å². The van der Waals surface area contributed by atoms with Gasteiger partial charge >= 0.3 is 5.97 Å². The zero-order valence-corrected chi connectivity index (χ0v) is 15.7. The zero-order valence-electron chi connectivity index (χ0n) is 15.7. The minimum atomic E-state index is -0.392. The predicted molar refractivity (Wildman–Crippen MR) is 102 cm³/mol. The van der Waals surface area contributed by atoms with Gasteiger partial charge < -0.3 is 19.7 Å². The second kappa shape index (κ2) is 8.68. The highest BCUT2D eigenvalue weighted by Crippen LogP contribution is 2.17. The third-order valence-corrected chi connectivity index (χ3v) is 4.72. The van der Waals surface area contributed by atoms with Crippen LogP contribution in [0.5, 0.6) is 5.75 Å². The Morgan fingerprint density at radius 1 is 1.04 bits per heavy atom. The van der Waals surface area contributed by atoms with E-state index in [1.165, 1.54) is 17.6 Å². The van der Waals surface area contributed by atoms with Crippen LogP contribution < -0.4 is 15.0 Å². The Hall–Kier alpha value is -2.86. The summed E-state index contributed by atoms with van der Waals surface area (Å²) in [6.07, 6.45) is 2.32. The number of quaternary nitrogens is 1. The molecule has 0 aliphatic heterocycles. The molecule has 3 rings (SSSR count). The average molecular weight is 369 g/mol. The summed E-state index contributed by atoms with van der Waals surface area (Å²) in [6, 6.07) is 15.2. The lowest BCUT2D eigenvalue weighted by Crippen LogP contribution is -3.13. The standard InChI is InChI=1S/C21H24N2O4/c1-26-19-11-3-15(4-12-19)13-23(18-9-10-18)14-20(24)22-17-7-5-16(6-8-17)21(25)27-2/h3-8,11-12,18H,9-10,13-14H2,1-2H3,(H,22,24)/p+1. The summed E-state index contributed by atoms with van der Waals surface area (Å²) in [5.41, 5.74) is 2.32. The van der Waals surface area contributed by atoms with Gasteiger partial charge in [0.05, 0.1) is 25.8 Å². The molecule has 2 N–H and O–H groups in total. The van der Waals surface area contributed by atoms with Gasteiger partial charge in [-0.1, -0.05) is 0 Å². The number of nitrogens with one attached hydrogen (secondary N) is 2. The molecule has 1 amide bonds. The van der Waals surface area contributed by atoms with E-state index in [-0.39, 0.29) is 5.91 Å². The summed E-state index contributed by atoms with van der Waals surface area (Å²) in [6.45, 7) is 1.22. The molecule has 1 unspecified atom stereocenters. The summed E-state index contributed by atoms with van der Waals surface area (Å²) in [4.78, 5) is 25.2. The molecule has 1 saturated carbocycles. The van der Waals surface area contributed by atoms with Gasteiger partial charge in [0.15, 0.2) is 6.54 Å². The average Bonchev–Trinajstić information content (AvgIpc) is 3.53. The van der Waals surface area contributed by atoms with Crippen molar-refractivity contribution in [3.05, 3.63) is 59.7 Å². The Morgan fingerprint density at radius 2 is 1.70 bits per heavy atom. The molecule has 6 nitrogen and oxygen atoms in total. The number of hydrogen-bond acceptors (Lipinski definition) is 4. The Bertz CT molecular complexity index is 783. The first-order chi connectivity index (χ1) is 13.1. The van der Waals surface area contributed by atoms with Gasteiger partial charge in [0, 0.05) is 24.1 Å². The quantitative estimate of drug-likeness (QED) is 0.695. The highest BCUT2D eigenvalue weighted by Gasteiger charge is 2.34. The summed E-state index contributed by atoms with van der Waals surface area (Å²) in [7, 11) is 2.99. The smallest absolute Gasteiger partial charge is 0.337 e. The first-order valence-corrected chi connectivity index (χ1v) is 9.05. The largest absolute Gasteiger partial charge is 0.497 e. The van der Waals surface area contributed by atoms with E-state index in [1.54, 1.807) is 31.4 Å². The number of benzene rings is 2. The van der Waals surface area contributed by atoms with Crippen LogP contribution in [0.15, 0.2) is 48.5 Å². The number of rotatable bonds is 8. The van der Waals surface area contributed by atoms with Crippen molar-refractivity contribution < 1.29 is 24.0 Å². The molecule has 142 valence electrons. The van der Waals surface area contributed by atoms with Gasteiger partial charge in [0.25, 0.3) is 5.91 Å². The van der Waals surface area contributed by atoms with Crippen molar-refractivity contribution in [3.63, 3.8) is 0 Å². The Balaban J connectivity index is 1.57. The van der Waals surface area contributed by atoms with E-state index < -0.39 is 5.97 Å². The lowest BCUT2D eigenvalue weighted by Gasteiger charge is -2.19. The van der Waals surface area contributed by atoms with Crippen molar-refractivity contribution in [1.29, 1.82) is 0 Å². The fraction of sp³-hybridized carbons (Fsp3) is 0.333. The van der Waals surface area contributed by atoms with Crippen LogP contribution in [-0.4, -0.2) is 38.7 Å². The van der Waals surface area contributed by atoms with E-state index in [2.05, 4.69) is 10.1 Å². The fourth-order valence-electron chi connectivity index (χ4n) is 3.07. The van der Waals surface area contributed by atoms with Crippen LogP contribution in [0.1, 0.15) is 28.8 Å². The fourth-order valence-corrected chi connectivity index (χ4v) is 3.07. The maximum absolute atomic E-state index is 12.5. The number of ether oxygens (including phenoxy) is 2. The first kappa shape index (κ1) is 18.9. The lowest BCUT2D eigenvalue weighted by atomic mass is 10.2. The number of anilines is 1. The monoisotopic (exact) mass is 369 g/mol. The van der Waals surface area contributed by atoms with Gasteiger partial charge in [-0.15, -0.1) is 0 Å². The summed E-state index contributed by atoms with van der Waals surface area (Å²) < 4.78 is 9.87. The summed E-state index contributed by atoms with van der Waals surface area (Å²) in [5.74, 6) is 0.410. The van der Waals surface area contributed by atoms with Crippen LogP contribution in [0.4, 0.5) is 5.69 Å². The third-order valence-electron chi connectivity index (χ3n) is 4.72. The van der Waals surface area contributed by atoms with Crippen LogP contribution >= 0.6 is 0 Å². The summed E-state index contributed by atoms with van der Waals surface area (Å²) in [5, 5.41) is 2.91. The Morgan fingerprint density at radius 3 is 2.26 bits per heavy atom. The molecule has 27 heavy (non-hydrogen) atoms. The molecule has 1 aliphatic rings.